The average molecular weight is 353 g/mol. The van der Waals surface area contributed by atoms with E-state index in [1.165, 1.54) is 6.92 Å². The quantitative estimate of drug-likeness (QED) is 0.748. The number of hydrogen-bond donors (Lipinski definition) is 2. The van der Waals surface area contributed by atoms with Crippen molar-refractivity contribution in [2.75, 3.05) is 5.32 Å². The van der Waals surface area contributed by atoms with Crippen molar-refractivity contribution in [3.05, 3.63) is 52.6 Å². The van der Waals surface area contributed by atoms with E-state index >= 15 is 0 Å². The highest BCUT2D eigenvalue weighted by atomic mass is 16.6. The van der Waals surface area contributed by atoms with Crippen molar-refractivity contribution < 1.29 is 19.1 Å². The molecular formula is C19H19N3O4. The van der Waals surface area contributed by atoms with Gasteiger partial charge in [-0.25, -0.2) is 4.79 Å². The second-order valence-electron chi connectivity index (χ2n) is 7.14. The van der Waals surface area contributed by atoms with Crippen molar-refractivity contribution in [1.82, 2.24) is 0 Å². The normalized spacial score (nSPS) is 21.9. The minimum absolute atomic E-state index is 0.0411. The largest absolute Gasteiger partial charge is 0.456 e. The second-order valence-corrected chi connectivity index (χ2v) is 7.14. The van der Waals surface area contributed by atoms with E-state index in [4.69, 9.17) is 15.2 Å². The van der Waals surface area contributed by atoms with Gasteiger partial charge >= 0.3 is 5.97 Å². The Kier molecular flexibility index (Phi) is 3.80. The number of hydrogen-bond acceptors (Lipinski definition) is 6. The molecule has 7 heteroatoms. The molecule has 1 unspecified atom stereocenters. The molecule has 0 saturated carbocycles. The van der Waals surface area contributed by atoms with E-state index in [2.05, 4.69) is 5.32 Å². The molecule has 1 amide bonds. The van der Waals surface area contributed by atoms with Gasteiger partial charge in [-0.3, -0.25) is 4.79 Å². The summed E-state index contributed by atoms with van der Waals surface area (Å²) in [5.41, 5.74) is 4.23. The molecule has 3 rings (SSSR count). The number of nitrogens with two attached hydrogens (primary N) is 1. The maximum Gasteiger partial charge on any atom is 0.339 e. The topological polar surface area (TPSA) is 114 Å². The van der Waals surface area contributed by atoms with E-state index < -0.39 is 22.9 Å². The number of rotatable bonds is 1. The Morgan fingerprint density at radius 3 is 2.62 bits per heavy atom. The van der Waals surface area contributed by atoms with Crippen LogP contribution in [-0.4, -0.2) is 17.5 Å². The molecule has 0 fully saturated rings. The van der Waals surface area contributed by atoms with Gasteiger partial charge in [-0.15, -0.1) is 0 Å². The summed E-state index contributed by atoms with van der Waals surface area (Å²) < 4.78 is 10.9. The van der Waals surface area contributed by atoms with Crippen LogP contribution >= 0.6 is 0 Å². The van der Waals surface area contributed by atoms with Gasteiger partial charge in [0.2, 0.25) is 11.8 Å². The summed E-state index contributed by atoms with van der Waals surface area (Å²) in [6, 6.07) is 8.81. The van der Waals surface area contributed by atoms with Gasteiger partial charge in [0.05, 0.1) is 0 Å². The summed E-state index contributed by atoms with van der Waals surface area (Å²) in [6.07, 6.45) is 0. The fourth-order valence-corrected chi connectivity index (χ4v) is 3.36. The number of anilines is 1. The number of nitrogens with zero attached hydrogens (tertiary/aromatic N) is 1. The lowest BCUT2D eigenvalue weighted by Crippen LogP contribution is -2.46. The van der Waals surface area contributed by atoms with Crippen molar-refractivity contribution in [1.29, 1.82) is 5.26 Å². The van der Waals surface area contributed by atoms with E-state index in [1.807, 2.05) is 6.07 Å². The monoisotopic (exact) mass is 353 g/mol. The summed E-state index contributed by atoms with van der Waals surface area (Å²) in [5, 5.41) is 12.5. The SMILES string of the molecule is CC1=C(C(=O)OC(C)(C)C)C2(C(=O)Nc3ccccc32)C(C#N)=C(N)O1. The van der Waals surface area contributed by atoms with E-state index in [0.717, 1.165) is 0 Å². The first-order valence-corrected chi connectivity index (χ1v) is 8.06. The Hall–Kier alpha value is -3.27. The van der Waals surface area contributed by atoms with Crippen molar-refractivity contribution in [2.45, 2.75) is 38.7 Å². The number of nitrogens with one attached hydrogen (secondary N) is 1. The summed E-state index contributed by atoms with van der Waals surface area (Å²) in [6.45, 7) is 6.68. The Morgan fingerprint density at radius 1 is 1.35 bits per heavy atom. The minimum atomic E-state index is -1.69. The Bertz CT molecular complexity index is 931. The summed E-state index contributed by atoms with van der Waals surface area (Å²) in [7, 11) is 0. The number of allylic oxidation sites excluding steroid dienone is 1. The summed E-state index contributed by atoms with van der Waals surface area (Å²) in [5.74, 6) is -1.35. The standard InChI is InChI=1S/C19H19N3O4/c1-10-14(16(23)26-18(2,3)4)19(12(9-20)15(21)25-10)11-7-5-6-8-13(11)22-17(19)24/h5-8H,21H2,1-4H3,(H,22,24). The van der Waals surface area contributed by atoms with Gasteiger partial charge < -0.3 is 20.5 Å². The molecule has 0 bridgehead atoms. The highest BCUT2D eigenvalue weighted by Gasteiger charge is 2.60. The maximum atomic E-state index is 13.1. The number of nitriles is 1. The number of fused-ring (bicyclic) bond motifs is 2. The summed E-state index contributed by atoms with van der Waals surface area (Å²) >= 11 is 0. The summed E-state index contributed by atoms with van der Waals surface area (Å²) in [4.78, 5) is 26.1. The first-order chi connectivity index (χ1) is 12.1. The van der Waals surface area contributed by atoms with Crippen LogP contribution in [0.15, 0.2) is 47.1 Å². The molecule has 7 nitrogen and oxygen atoms in total. The number of ether oxygens (including phenoxy) is 2. The molecule has 2 heterocycles. The number of para-hydroxylation sites is 1. The molecule has 1 atom stereocenters. The Labute approximate surface area is 151 Å². The van der Waals surface area contributed by atoms with Crippen molar-refractivity contribution in [2.24, 2.45) is 5.73 Å². The fraction of sp³-hybridized carbons (Fsp3) is 0.316. The molecule has 1 spiro atoms. The lowest BCUT2D eigenvalue weighted by atomic mass is 9.68. The molecule has 0 aromatic heterocycles. The van der Waals surface area contributed by atoms with Gasteiger partial charge in [-0.1, -0.05) is 18.2 Å². The third kappa shape index (κ3) is 2.34. The smallest absolute Gasteiger partial charge is 0.339 e. The number of benzene rings is 1. The number of carbonyl (C=O) groups excluding carboxylic acids is 2. The third-order valence-electron chi connectivity index (χ3n) is 4.25. The van der Waals surface area contributed by atoms with Crippen molar-refractivity contribution >= 4 is 17.6 Å². The van der Waals surface area contributed by atoms with Crippen LogP contribution < -0.4 is 11.1 Å². The Balaban J connectivity index is 2.33. The average Bonchev–Trinajstić information content (AvgIpc) is 2.79. The molecule has 3 N–H and O–H groups in total. The molecule has 134 valence electrons. The predicted molar refractivity (Wildman–Crippen MR) is 93.2 cm³/mol. The van der Waals surface area contributed by atoms with Gasteiger partial charge in [0.1, 0.15) is 28.6 Å². The van der Waals surface area contributed by atoms with E-state index in [0.29, 0.717) is 11.3 Å². The van der Waals surface area contributed by atoms with Crippen LogP contribution in [0.5, 0.6) is 0 Å². The first kappa shape index (κ1) is 17.5. The van der Waals surface area contributed by atoms with Gasteiger partial charge in [-0.2, -0.15) is 5.26 Å². The number of carbonyl (C=O) groups is 2. The van der Waals surface area contributed by atoms with Crippen molar-refractivity contribution in [3.63, 3.8) is 0 Å². The molecule has 0 radical (unpaired) electrons. The van der Waals surface area contributed by atoms with Gasteiger partial charge in [0.15, 0.2) is 5.41 Å². The number of amides is 1. The van der Waals surface area contributed by atoms with Crippen LogP contribution in [0.3, 0.4) is 0 Å². The maximum absolute atomic E-state index is 13.1. The Morgan fingerprint density at radius 2 is 2.00 bits per heavy atom. The fourth-order valence-electron chi connectivity index (χ4n) is 3.36. The number of esters is 1. The van der Waals surface area contributed by atoms with Gasteiger partial charge in [0, 0.05) is 11.3 Å². The lowest BCUT2D eigenvalue weighted by molar-refractivity contribution is -0.151. The van der Waals surface area contributed by atoms with Gasteiger partial charge in [-0.05, 0) is 33.8 Å². The molecule has 0 aliphatic carbocycles. The highest BCUT2D eigenvalue weighted by molar-refractivity contribution is 6.17. The molecule has 0 saturated heterocycles. The minimum Gasteiger partial charge on any atom is -0.456 e. The van der Waals surface area contributed by atoms with Crippen LogP contribution in [0.25, 0.3) is 0 Å². The molecule has 26 heavy (non-hydrogen) atoms. The first-order valence-electron chi connectivity index (χ1n) is 8.06. The highest BCUT2D eigenvalue weighted by Crippen LogP contribution is 2.52. The van der Waals surface area contributed by atoms with Crippen molar-refractivity contribution in [3.8, 4) is 6.07 Å². The zero-order valence-electron chi connectivity index (χ0n) is 15.0. The van der Waals surface area contributed by atoms with E-state index in [1.54, 1.807) is 45.0 Å². The molecule has 2 aliphatic rings. The van der Waals surface area contributed by atoms with Crippen LogP contribution in [0.1, 0.15) is 33.3 Å². The predicted octanol–water partition coefficient (Wildman–Crippen LogP) is 2.22. The van der Waals surface area contributed by atoms with Crippen LogP contribution in [0.2, 0.25) is 0 Å². The van der Waals surface area contributed by atoms with Gasteiger partial charge in [0.25, 0.3) is 0 Å². The molecule has 1 aromatic carbocycles. The van der Waals surface area contributed by atoms with E-state index in [9.17, 15) is 14.9 Å². The second kappa shape index (κ2) is 5.63. The van der Waals surface area contributed by atoms with Crippen LogP contribution in [0.4, 0.5) is 5.69 Å². The van der Waals surface area contributed by atoms with Crippen LogP contribution in [0, 0.1) is 11.3 Å². The van der Waals surface area contributed by atoms with E-state index in [-0.39, 0.29) is 22.8 Å². The third-order valence-corrected chi connectivity index (χ3v) is 4.25. The molecular weight excluding hydrogens is 334 g/mol. The molecule has 1 aromatic rings. The zero-order chi connectivity index (χ0) is 19.3. The zero-order valence-corrected chi connectivity index (χ0v) is 15.0. The lowest BCUT2D eigenvalue weighted by Gasteiger charge is -2.35. The molecule has 2 aliphatic heterocycles. The van der Waals surface area contributed by atoms with Crippen LogP contribution in [-0.2, 0) is 24.5 Å².